The lowest BCUT2D eigenvalue weighted by Gasteiger charge is -2.22. The highest BCUT2D eigenvalue weighted by atomic mass is 16.5. The van der Waals surface area contributed by atoms with Gasteiger partial charge in [-0.2, -0.15) is 0 Å². The van der Waals surface area contributed by atoms with E-state index in [2.05, 4.69) is 35.2 Å². The Balaban J connectivity index is 2.05. The standard InChI is InChI=1S/C13H21N3O/c1-3-10(2)16-13-8-12(14-9-15-13)11-4-6-17-7-5-11/h8-11H,3-7H2,1-2H3,(H,14,15,16). The van der Waals surface area contributed by atoms with Crippen molar-refractivity contribution in [3.05, 3.63) is 18.1 Å². The van der Waals surface area contributed by atoms with Crippen molar-refractivity contribution in [2.75, 3.05) is 18.5 Å². The Hall–Kier alpha value is -1.16. The Morgan fingerprint density at radius 1 is 1.41 bits per heavy atom. The number of aromatic nitrogens is 2. The number of rotatable bonds is 4. The molecular formula is C13H21N3O. The third-order valence-corrected chi connectivity index (χ3v) is 3.33. The number of anilines is 1. The van der Waals surface area contributed by atoms with Crippen LogP contribution in [0.2, 0.25) is 0 Å². The largest absolute Gasteiger partial charge is 0.381 e. The summed E-state index contributed by atoms with van der Waals surface area (Å²) in [6.45, 7) is 6.03. The van der Waals surface area contributed by atoms with Crippen molar-refractivity contribution < 1.29 is 4.74 Å². The van der Waals surface area contributed by atoms with Gasteiger partial charge in [0.2, 0.25) is 0 Å². The molecule has 17 heavy (non-hydrogen) atoms. The molecule has 1 atom stereocenters. The molecular weight excluding hydrogens is 214 g/mol. The van der Waals surface area contributed by atoms with Crippen molar-refractivity contribution in [1.29, 1.82) is 0 Å². The molecule has 0 bridgehead atoms. The van der Waals surface area contributed by atoms with Gasteiger partial charge in [0.1, 0.15) is 12.1 Å². The van der Waals surface area contributed by atoms with Crippen LogP contribution in [-0.2, 0) is 4.74 Å². The summed E-state index contributed by atoms with van der Waals surface area (Å²) in [6.07, 6.45) is 4.89. The summed E-state index contributed by atoms with van der Waals surface area (Å²) in [7, 11) is 0. The van der Waals surface area contributed by atoms with E-state index < -0.39 is 0 Å². The second-order valence-corrected chi connectivity index (χ2v) is 4.67. The van der Waals surface area contributed by atoms with Crippen LogP contribution in [0.25, 0.3) is 0 Å². The lowest BCUT2D eigenvalue weighted by Crippen LogP contribution is -2.17. The molecule has 4 nitrogen and oxygen atoms in total. The maximum atomic E-state index is 5.37. The van der Waals surface area contributed by atoms with Crippen molar-refractivity contribution >= 4 is 5.82 Å². The van der Waals surface area contributed by atoms with Gasteiger partial charge in [-0.3, -0.25) is 0 Å². The lowest BCUT2D eigenvalue weighted by molar-refractivity contribution is 0.0845. The Morgan fingerprint density at radius 3 is 2.88 bits per heavy atom. The van der Waals surface area contributed by atoms with E-state index in [0.29, 0.717) is 12.0 Å². The van der Waals surface area contributed by atoms with Crippen molar-refractivity contribution in [3.63, 3.8) is 0 Å². The van der Waals surface area contributed by atoms with Gasteiger partial charge in [0.05, 0.1) is 0 Å². The molecule has 0 spiro atoms. The third-order valence-electron chi connectivity index (χ3n) is 3.33. The highest BCUT2D eigenvalue weighted by molar-refractivity contribution is 5.36. The van der Waals surface area contributed by atoms with Crippen molar-refractivity contribution in [2.45, 2.75) is 45.1 Å². The number of hydrogen-bond acceptors (Lipinski definition) is 4. The van der Waals surface area contributed by atoms with E-state index in [1.165, 1.54) is 0 Å². The monoisotopic (exact) mass is 235 g/mol. The Kier molecular flexibility index (Phi) is 4.31. The minimum Gasteiger partial charge on any atom is -0.381 e. The zero-order valence-electron chi connectivity index (χ0n) is 10.6. The van der Waals surface area contributed by atoms with E-state index >= 15 is 0 Å². The topological polar surface area (TPSA) is 47.0 Å². The van der Waals surface area contributed by atoms with Crippen LogP contribution in [0.3, 0.4) is 0 Å². The molecule has 2 heterocycles. The number of hydrogen-bond donors (Lipinski definition) is 1. The molecule has 1 aliphatic heterocycles. The first-order chi connectivity index (χ1) is 8.29. The van der Waals surface area contributed by atoms with Gasteiger partial charge in [0.25, 0.3) is 0 Å². The summed E-state index contributed by atoms with van der Waals surface area (Å²) in [5, 5.41) is 3.39. The molecule has 0 aliphatic carbocycles. The number of ether oxygens (including phenoxy) is 1. The molecule has 1 saturated heterocycles. The van der Waals surface area contributed by atoms with Crippen LogP contribution in [0.1, 0.15) is 44.7 Å². The molecule has 0 aromatic carbocycles. The summed E-state index contributed by atoms with van der Waals surface area (Å²) in [6, 6.07) is 2.54. The fraction of sp³-hybridized carbons (Fsp3) is 0.692. The molecule has 1 aliphatic rings. The Morgan fingerprint density at radius 2 is 2.18 bits per heavy atom. The fourth-order valence-electron chi connectivity index (χ4n) is 2.02. The maximum absolute atomic E-state index is 5.37. The molecule has 4 heteroatoms. The van der Waals surface area contributed by atoms with Crippen LogP contribution < -0.4 is 5.32 Å². The predicted molar refractivity (Wildman–Crippen MR) is 68.2 cm³/mol. The quantitative estimate of drug-likeness (QED) is 0.871. The number of nitrogens with one attached hydrogen (secondary N) is 1. The lowest BCUT2D eigenvalue weighted by atomic mass is 9.96. The first kappa shape index (κ1) is 12.3. The minimum absolute atomic E-state index is 0.451. The molecule has 1 aromatic rings. The van der Waals surface area contributed by atoms with E-state index in [4.69, 9.17) is 4.74 Å². The first-order valence-electron chi connectivity index (χ1n) is 6.45. The predicted octanol–water partition coefficient (Wildman–Crippen LogP) is 2.58. The second-order valence-electron chi connectivity index (χ2n) is 4.67. The molecule has 0 radical (unpaired) electrons. The molecule has 0 amide bonds. The molecule has 0 saturated carbocycles. The number of nitrogens with zero attached hydrogens (tertiary/aromatic N) is 2. The average molecular weight is 235 g/mol. The third kappa shape index (κ3) is 3.40. The molecule has 1 aromatic heterocycles. The summed E-state index contributed by atoms with van der Waals surface area (Å²) in [4.78, 5) is 8.66. The fourth-order valence-corrected chi connectivity index (χ4v) is 2.02. The molecule has 1 unspecified atom stereocenters. The minimum atomic E-state index is 0.451. The zero-order valence-corrected chi connectivity index (χ0v) is 10.6. The SMILES string of the molecule is CCC(C)Nc1cc(C2CCOCC2)ncn1. The molecule has 1 N–H and O–H groups in total. The normalized spacial score (nSPS) is 18.9. The van der Waals surface area contributed by atoms with Crippen molar-refractivity contribution in [2.24, 2.45) is 0 Å². The highest BCUT2D eigenvalue weighted by Crippen LogP contribution is 2.26. The zero-order chi connectivity index (χ0) is 12.1. The first-order valence-corrected chi connectivity index (χ1v) is 6.45. The summed E-state index contributed by atoms with van der Waals surface area (Å²) >= 11 is 0. The molecule has 1 fully saturated rings. The molecule has 2 rings (SSSR count). The van der Waals surface area contributed by atoms with Crippen LogP contribution >= 0.6 is 0 Å². The van der Waals surface area contributed by atoms with Gasteiger partial charge < -0.3 is 10.1 Å². The molecule has 94 valence electrons. The van der Waals surface area contributed by atoms with E-state index in [0.717, 1.165) is 44.0 Å². The smallest absolute Gasteiger partial charge is 0.129 e. The van der Waals surface area contributed by atoms with Crippen LogP contribution in [-0.4, -0.2) is 29.2 Å². The summed E-state index contributed by atoms with van der Waals surface area (Å²) < 4.78 is 5.37. The van der Waals surface area contributed by atoms with E-state index in [1.54, 1.807) is 6.33 Å². The highest BCUT2D eigenvalue weighted by Gasteiger charge is 2.17. The Bertz CT molecular complexity index is 350. The van der Waals surface area contributed by atoms with Gasteiger partial charge in [-0.05, 0) is 26.2 Å². The summed E-state index contributed by atoms with van der Waals surface area (Å²) in [5.74, 6) is 1.47. The maximum Gasteiger partial charge on any atom is 0.129 e. The second kappa shape index (κ2) is 5.96. The van der Waals surface area contributed by atoms with E-state index in [9.17, 15) is 0 Å². The van der Waals surface area contributed by atoms with Crippen molar-refractivity contribution in [1.82, 2.24) is 9.97 Å². The van der Waals surface area contributed by atoms with Crippen LogP contribution in [0, 0.1) is 0 Å². The van der Waals surface area contributed by atoms with Gasteiger partial charge in [0, 0.05) is 36.9 Å². The van der Waals surface area contributed by atoms with Gasteiger partial charge >= 0.3 is 0 Å². The van der Waals surface area contributed by atoms with Crippen LogP contribution in [0.15, 0.2) is 12.4 Å². The summed E-state index contributed by atoms with van der Waals surface area (Å²) in [5.41, 5.74) is 1.15. The van der Waals surface area contributed by atoms with E-state index in [1.807, 2.05) is 0 Å². The van der Waals surface area contributed by atoms with Crippen LogP contribution in [0.4, 0.5) is 5.82 Å². The Labute approximate surface area is 103 Å². The van der Waals surface area contributed by atoms with E-state index in [-0.39, 0.29) is 0 Å². The van der Waals surface area contributed by atoms with Gasteiger partial charge in [-0.25, -0.2) is 9.97 Å². The van der Waals surface area contributed by atoms with Gasteiger partial charge in [-0.15, -0.1) is 0 Å². The van der Waals surface area contributed by atoms with Crippen LogP contribution in [0.5, 0.6) is 0 Å². The van der Waals surface area contributed by atoms with Gasteiger partial charge in [-0.1, -0.05) is 6.92 Å². The van der Waals surface area contributed by atoms with Crippen molar-refractivity contribution in [3.8, 4) is 0 Å². The van der Waals surface area contributed by atoms with Gasteiger partial charge in [0.15, 0.2) is 0 Å². The average Bonchev–Trinajstić information content (AvgIpc) is 2.40.